The maximum atomic E-state index is 5.77. The third-order valence-electron chi connectivity index (χ3n) is 1.74. The molecule has 1 aromatic carbocycles. The van der Waals surface area contributed by atoms with Crippen molar-refractivity contribution in [3.8, 4) is 11.6 Å². The predicted octanol–water partition coefficient (Wildman–Crippen LogP) is 2.61. The molecule has 2 aromatic rings. The summed E-state index contributed by atoms with van der Waals surface area (Å²) in [5, 5.41) is 0. The first-order valence-corrected chi connectivity index (χ1v) is 5.04. The zero-order valence-electron chi connectivity index (χ0n) is 7.72. The van der Waals surface area contributed by atoms with Gasteiger partial charge in [-0.15, -0.1) is 0 Å². The van der Waals surface area contributed by atoms with Gasteiger partial charge in [-0.2, -0.15) is 0 Å². The normalized spacial score (nSPS) is 9.93. The molecule has 5 heteroatoms. The fraction of sp³-hybridized carbons (Fsp3) is 0. The van der Waals surface area contributed by atoms with Crippen molar-refractivity contribution in [1.82, 2.24) is 9.97 Å². The lowest BCUT2D eigenvalue weighted by Crippen LogP contribution is -1.93. The van der Waals surface area contributed by atoms with Crippen LogP contribution in [0.4, 0.5) is 5.69 Å². The summed E-state index contributed by atoms with van der Waals surface area (Å²) >= 11 is 3.32. The van der Waals surface area contributed by atoms with E-state index in [1.807, 2.05) is 6.07 Å². The fourth-order valence-corrected chi connectivity index (χ4v) is 1.44. The molecule has 0 saturated heterocycles. The van der Waals surface area contributed by atoms with Crippen molar-refractivity contribution in [2.24, 2.45) is 0 Å². The molecule has 0 radical (unpaired) electrons. The molecule has 1 aromatic heterocycles. The molecule has 0 unspecified atom stereocenters. The van der Waals surface area contributed by atoms with Gasteiger partial charge in [-0.3, -0.25) is 0 Å². The zero-order chi connectivity index (χ0) is 10.7. The Labute approximate surface area is 95.2 Å². The second-order valence-electron chi connectivity index (χ2n) is 2.83. The molecule has 76 valence electrons. The molecule has 0 saturated carbocycles. The van der Waals surface area contributed by atoms with Crippen LogP contribution >= 0.6 is 15.9 Å². The summed E-state index contributed by atoms with van der Waals surface area (Å²) in [6, 6.07) is 7.08. The Morgan fingerprint density at radius 2 is 2.13 bits per heavy atom. The molecule has 0 bridgehead atoms. The van der Waals surface area contributed by atoms with Crippen LogP contribution in [0.2, 0.25) is 0 Å². The van der Waals surface area contributed by atoms with E-state index in [1.165, 1.54) is 6.33 Å². The van der Waals surface area contributed by atoms with Gasteiger partial charge >= 0.3 is 0 Å². The smallest absolute Gasteiger partial charge is 0.222 e. The van der Waals surface area contributed by atoms with E-state index >= 15 is 0 Å². The number of aromatic nitrogens is 2. The number of ether oxygens (including phenoxy) is 1. The van der Waals surface area contributed by atoms with Crippen molar-refractivity contribution in [2.45, 2.75) is 0 Å². The van der Waals surface area contributed by atoms with Crippen molar-refractivity contribution in [1.29, 1.82) is 0 Å². The highest BCUT2D eigenvalue weighted by Gasteiger charge is 2.02. The molecule has 1 heterocycles. The van der Waals surface area contributed by atoms with Gasteiger partial charge < -0.3 is 10.5 Å². The molecule has 0 amide bonds. The van der Waals surface area contributed by atoms with Crippen LogP contribution in [0.15, 0.2) is 41.3 Å². The quantitative estimate of drug-likeness (QED) is 0.849. The molecule has 0 spiro atoms. The summed E-state index contributed by atoms with van der Waals surface area (Å²) in [5.41, 5.74) is 6.33. The van der Waals surface area contributed by atoms with E-state index in [0.29, 0.717) is 17.3 Å². The van der Waals surface area contributed by atoms with Gasteiger partial charge in [0.15, 0.2) is 5.75 Å². The topological polar surface area (TPSA) is 61.0 Å². The number of hydrogen-bond acceptors (Lipinski definition) is 4. The monoisotopic (exact) mass is 265 g/mol. The average Bonchev–Trinajstić information content (AvgIpc) is 2.24. The molecule has 0 fully saturated rings. The second kappa shape index (κ2) is 4.27. The number of hydrogen-bond donors (Lipinski definition) is 1. The van der Waals surface area contributed by atoms with Gasteiger partial charge in [-0.05, 0) is 18.2 Å². The lowest BCUT2D eigenvalue weighted by molar-refractivity contribution is 0.463. The zero-order valence-corrected chi connectivity index (χ0v) is 9.31. The van der Waals surface area contributed by atoms with Crippen molar-refractivity contribution in [3.63, 3.8) is 0 Å². The molecule has 2 rings (SSSR count). The Kier molecular flexibility index (Phi) is 2.82. The summed E-state index contributed by atoms with van der Waals surface area (Å²) in [4.78, 5) is 7.73. The first-order valence-electron chi connectivity index (χ1n) is 4.24. The second-order valence-corrected chi connectivity index (χ2v) is 3.75. The Morgan fingerprint density at radius 3 is 2.80 bits per heavy atom. The summed E-state index contributed by atoms with van der Waals surface area (Å²) in [7, 11) is 0. The lowest BCUT2D eigenvalue weighted by atomic mass is 10.3. The van der Waals surface area contributed by atoms with E-state index < -0.39 is 0 Å². The molecular weight excluding hydrogens is 258 g/mol. The minimum absolute atomic E-state index is 0.471. The summed E-state index contributed by atoms with van der Waals surface area (Å²) in [6.07, 6.45) is 3.03. The molecule has 0 aliphatic heterocycles. The summed E-state index contributed by atoms with van der Waals surface area (Å²) in [6.45, 7) is 0. The highest BCUT2D eigenvalue weighted by molar-refractivity contribution is 9.10. The van der Waals surface area contributed by atoms with Crippen molar-refractivity contribution in [2.75, 3.05) is 5.73 Å². The van der Waals surface area contributed by atoms with Gasteiger partial charge in [0.2, 0.25) is 5.88 Å². The van der Waals surface area contributed by atoms with Gasteiger partial charge in [-0.25, -0.2) is 9.97 Å². The van der Waals surface area contributed by atoms with E-state index in [0.717, 1.165) is 4.47 Å². The number of benzene rings is 1. The van der Waals surface area contributed by atoms with E-state index in [2.05, 4.69) is 25.9 Å². The maximum absolute atomic E-state index is 5.77. The van der Waals surface area contributed by atoms with Crippen LogP contribution in [0.1, 0.15) is 0 Å². The van der Waals surface area contributed by atoms with E-state index in [1.54, 1.807) is 24.4 Å². The summed E-state index contributed by atoms with van der Waals surface area (Å²) in [5.74, 6) is 1.05. The number of rotatable bonds is 2. The molecule has 0 aliphatic rings. The first kappa shape index (κ1) is 9.92. The number of nitrogens with two attached hydrogens (primary N) is 1. The van der Waals surface area contributed by atoms with E-state index in [4.69, 9.17) is 10.5 Å². The lowest BCUT2D eigenvalue weighted by Gasteiger charge is -2.06. The predicted molar refractivity (Wildman–Crippen MR) is 60.7 cm³/mol. The van der Waals surface area contributed by atoms with Crippen LogP contribution in [0.5, 0.6) is 11.6 Å². The van der Waals surface area contributed by atoms with Crippen LogP contribution in [-0.2, 0) is 0 Å². The number of halogens is 1. The molecule has 4 nitrogen and oxygen atoms in total. The first-order chi connectivity index (χ1) is 7.25. The average molecular weight is 266 g/mol. The highest BCUT2D eigenvalue weighted by atomic mass is 79.9. The molecule has 15 heavy (non-hydrogen) atoms. The third-order valence-corrected chi connectivity index (χ3v) is 2.23. The van der Waals surface area contributed by atoms with E-state index in [-0.39, 0.29) is 0 Å². The molecular formula is C10H8BrN3O. The SMILES string of the molecule is Nc1cc(Br)ccc1Oc1ccncn1. The van der Waals surface area contributed by atoms with Crippen LogP contribution < -0.4 is 10.5 Å². The fourth-order valence-electron chi connectivity index (χ4n) is 1.06. The number of anilines is 1. The number of nitrogen functional groups attached to an aromatic ring is 1. The van der Waals surface area contributed by atoms with Crippen molar-refractivity contribution in [3.05, 3.63) is 41.3 Å². The highest BCUT2D eigenvalue weighted by Crippen LogP contribution is 2.28. The minimum atomic E-state index is 0.471. The Hall–Kier alpha value is -1.62. The van der Waals surface area contributed by atoms with Crippen molar-refractivity contribution >= 4 is 21.6 Å². The third kappa shape index (κ3) is 2.44. The Balaban J connectivity index is 2.25. The summed E-state index contributed by atoms with van der Waals surface area (Å²) < 4.78 is 6.38. The molecule has 0 atom stereocenters. The van der Waals surface area contributed by atoms with Gasteiger partial charge in [0.1, 0.15) is 6.33 Å². The Morgan fingerprint density at radius 1 is 1.27 bits per heavy atom. The minimum Gasteiger partial charge on any atom is -0.437 e. The van der Waals surface area contributed by atoms with Gasteiger partial charge in [0.25, 0.3) is 0 Å². The Bertz CT molecular complexity index is 461. The van der Waals surface area contributed by atoms with Gasteiger partial charge in [-0.1, -0.05) is 15.9 Å². The van der Waals surface area contributed by atoms with E-state index in [9.17, 15) is 0 Å². The van der Waals surface area contributed by atoms with Gasteiger partial charge in [0.05, 0.1) is 5.69 Å². The van der Waals surface area contributed by atoms with Crippen LogP contribution in [0, 0.1) is 0 Å². The number of nitrogens with zero attached hydrogens (tertiary/aromatic N) is 2. The van der Waals surface area contributed by atoms with Crippen LogP contribution in [0.3, 0.4) is 0 Å². The molecule has 2 N–H and O–H groups in total. The van der Waals surface area contributed by atoms with Crippen LogP contribution in [0.25, 0.3) is 0 Å². The maximum Gasteiger partial charge on any atom is 0.222 e. The largest absolute Gasteiger partial charge is 0.437 e. The van der Waals surface area contributed by atoms with Crippen LogP contribution in [-0.4, -0.2) is 9.97 Å². The molecule has 0 aliphatic carbocycles. The standard InChI is InChI=1S/C10H8BrN3O/c11-7-1-2-9(8(12)5-7)15-10-3-4-13-6-14-10/h1-6H,12H2. The van der Waals surface area contributed by atoms with Gasteiger partial charge in [0, 0.05) is 16.7 Å². The van der Waals surface area contributed by atoms with Crippen molar-refractivity contribution < 1.29 is 4.74 Å².